The van der Waals surface area contributed by atoms with E-state index in [-0.39, 0.29) is 0 Å². The number of benzene rings is 1. The largest absolute Gasteiger partial charge is 0.346 e. The molecule has 2 aromatic heterocycles. The van der Waals surface area contributed by atoms with Crippen molar-refractivity contribution in [2.75, 3.05) is 0 Å². The second kappa shape index (κ2) is 6.24. The van der Waals surface area contributed by atoms with Gasteiger partial charge in [0.2, 0.25) is 0 Å². The zero-order valence-electron chi connectivity index (χ0n) is 12.4. The van der Waals surface area contributed by atoms with Gasteiger partial charge in [-0.1, -0.05) is 17.8 Å². The number of imidazole rings is 1. The van der Waals surface area contributed by atoms with Crippen molar-refractivity contribution in [2.24, 2.45) is 7.05 Å². The Balaban J connectivity index is 1.87. The standard InChI is InChI=1S/C14H11N5O4S/c1-17-8-16-13-11(17)4-5-15-14(13)24-7-9-2-3-10(18(20)21)12(6-9)19(22)23/h2-6,8H,7H2,1H3. The van der Waals surface area contributed by atoms with Crippen LogP contribution in [0, 0.1) is 20.2 Å². The summed E-state index contributed by atoms with van der Waals surface area (Å²) in [6.45, 7) is 0. The van der Waals surface area contributed by atoms with Crippen molar-refractivity contribution in [3.8, 4) is 0 Å². The number of nitro benzene ring substituents is 2. The van der Waals surface area contributed by atoms with Crippen LogP contribution in [0.15, 0.2) is 41.8 Å². The summed E-state index contributed by atoms with van der Waals surface area (Å²) in [6, 6.07) is 5.74. The van der Waals surface area contributed by atoms with Crippen LogP contribution in [-0.2, 0) is 12.8 Å². The molecule has 2 heterocycles. The van der Waals surface area contributed by atoms with Crippen molar-refractivity contribution in [3.63, 3.8) is 0 Å². The molecule has 3 rings (SSSR count). The number of pyridine rings is 1. The van der Waals surface area contributed by atoms with E-state index in [1.165, 1.54) is 23.9 Å². The van der Waals surface area contributed by atoms with Gasteiger partial charge in [0.05, 0.1) is 21.7 Å². The van der Waals surface area contributed by atoms with E-state index >= 15 is 0 Å². The van der Waals surface area contributed by atoms with Crippen LogP contribution in [0.2, 0.25) is 0 Å². The van der Waals surface area contributed by atoms with Gasteiger partial charge < -0.3 is 4.57 Å². The van der Waals surface area contributed by atoms with E-state index in [0.717, 1.165) is 17.1 Å². The maximum Gasteiger partial charge on any atom is 0.346 e. The molecule has 1 aromatic carbocycles. The Hall–Kier alpha value is -3.01. The number of aromatic nitrogens is 3. The van der Waals surface area contributed by atoms with Crippen LogP contribution < -0.4 is 0 Å². The summed E-state index contributed by atoms with van der Waals surface area (Å²) in [5.74, 6) is 0.390. The predicted molar refractivity (Wildman–Crippen MR) is 87.8 cm³/mol. The van der Waals surface area contributed by atoms with Gasteiger partial charge in [-0.3, -0.25) is 20.2 Å². The molecule has 0 radical (unpaired) electrons. The second-order valence-electron chi connectivity index (χ2n) is 4.97. The maximum atomic E-state index is 11.0. The van der Waals surface area contributed by atoms with E-state index in [4.69, 9.17) is 0 Å². The molecular formula is C14H11N5O4S. The normalized spacial score (nSPS) is 10.9. The minimum absolute atomic E-state index is 0.390. The summed E-state index contributed by atoms with van der Waals surface area (Å²) in [7, 11) is 1.88. The van der Waals surface area contributed by atoms with Crippen LogP contribution in [0.3, 0.4) is 0 Å². The Labute approximate surface area is 139 Å². The molecule has 0 aliphatic carbocycles. The summed E-state index contributed by atoms with van der Waals surface area (Å²) in [5, 5.41) is 22.5. The van der Waals surface area contributed by atoms with E-state index in [9.17, 15) is 20.2 Å². The first-order valence-electron chi connectivity index (χ1n) is 6.78. The van der Waals surface area contributed by atoms with Crippen molar-refractivity contribution in [3.05, 3.63) is 62.6 Å². The van der Waals surface area contributed by atoms with Crippen LogP contribution in [0.25, 0.3) is 11.0 Å². The topological polar surface area (TPSA) is 117 Å². The highest BCUT2D eigenvalue weighted by atomic mass is 32.2. The Bertz CT molecular complexity index is 955. The van der Waals surface area contributed by atoms with E-state index in [1.54, 1.807) is 12.5 Å². The number of nitrogens with zero attached hydrogens (tertiary/aromatic N) is 5. The van der Waals surface area contributed by atoms with Crippen LogP contribution in [-0.4, -0.2) is 24.4 Å². The van der Waals surface area contributed by atoms with Crippen LogP contribution in [0.4, 0.5) is 11.4 Å². The average molecular weight is 345 g/mol. The summed E-state index contributed by atoms with van der Waals surface area (Å²) in [6.07, 6.45) is 3.36. The van der Waals surface area contributed by atoms with Crippen LogP contribution >= 0.6 is 11.8 Å². The first-order chi connectivity index (χ1) is 11.5. The van der Waals surface area contributed by atoms with Gasteiger partial charge >= 0.3 is 11.4 Å². The molecule has 0 unspecified atom stereocenters. The lowest BCUT2D eigenvalue weighted by Gasteiger charge is -2.03. The summed E-state index contributed by atoms with van der Waals surface area (Å²) in [5.41, 5.74) is 1.26. The third-order valence-corrected chi connectivity index (χ3v) is 4.47. The zero-order valence-corrected chi connectivity index (χ0v) is 13.3. The highest BCUT2D eigenvalue weighted by Gasteiger charge is 2.24. The fourth-order valence-electron chi connectivity index (χ4n) is 2.25. The number of hydrogen-bond acceptors (Lipinski definition) is 7. The third-order valence-electron chi connectivity index (χ3n) is 3.42. The number of fused-ring (bicyclic) bond motifs is 1. The molecule has 0 atom stereocenters. The third kappa shape index (κ3) is 2.91. The highest BCUT2D eigenvalue weighted by molar-refractivity contribution is 7.98. The molecule has 122 valence electrons. The fraction of sp³-hybridized carbons (Fsp3) is 0.143. The van der Waals surface area contributed by atoms with Gasteiger partial charge in [-0.05, 0) is 11.6 Å². The summed E-state index contributed by atoms with van der Waals surface area (Å²) >= 11 is 1.37. The Morgan fingerprint density at radius 1 is 1.12 bits per heavy atom. The monoisotopic (exact) mass is 345 g/mol. The molecule has 0 saturated carbocycles. The molecule has 0 bridgehead atoms. The quantitative estimate of drug-likeness (QED) is 0.396. The number of nitro groups is 2. The highest BCUT2D eigenvalue weighted by Crippen LogP contribution is 2.31. The molecule has 10 heteroatoms. The lowest BCUT2D eigenvalue weighted by Crippen LogP contribution is -1.97. The zero-order chi connectivity index (χ0) is 17.3. The van der Waals surface area contributed by atoms with Gasteiger partial charge in [-0.25, -0.2) is 9.97 Å². The van der Waals surface area contributed by atoms with E-state index in [0.29, 0.717) is 16.3 Å². The molecule has 0 fully saturated rings. The van der Waals surface area contributed by atoms with Crippen molar-refractivity contribution in [2.45, 2.75) is 10.8 Å². The molecule has 3 aromatic rings. The predicted octanol–water partition coefficient (Wildman–Crippen LogP) is 3.08. The lowest BCUT2D eigenvalue weighted by molar-refractivity contribution is -0.422. The maximum absolute atomic E-state index is 11.0. The van der Waals surface area contributed by atoms with E-state index in [1.807, 2.05) is 17.7 Å². The van der Waals surface area contributed by atoms with Crippen molar-refractivity contribution >= 4 is 34.2 Å². The number of thioether (sulfide) groups is 1. The van der Waals surface area contributed by atoms with Crippen LogP contribution in [0.1, 0.15) is 5.56 Å². The summed E-state index contributed by atoms with van der Waals surface area (Å²) < 4.78 is 1.87. The Morgan fingerprint density at radius 2 is 1.88 bits per heavy atom. The molecule has 0 amide bonds. The van der Waals surface area contributed by atoms with Crippen molar-refractivity contribution < 1.29 is 9.85 Å². The molecule has 9 nitrogen and oxygen atoms in total. The van der Waals surface area contributed by atoms with Gasteiger partial charge in [-0.15, -0.1) is 0 Å². The van der Waals surface area contributed by atoms with Gasteiger partial charge in [0.25, 0.3) is 0 Å². The van der Waals surface area contributed by atoms with Gasteiger partial charge in [-0.2, -0.15) is 0 Å². The minimum Gasteiger partial charge on any atom is -0.334 e. The van der Waals surface area contributed by atoms with Gasteiger partial charge in [0.1, 0.15) is 10.5 Å². The molecule has 24 heavy (non-hydrogen) atoms. The molecule has 0 N–H and O–H groups in total. The molecule has 0 aliphatic heterocycles. The van der Waals surface area contributed by atoms with Gasteiger partial charge in [0, 0.05) is 31.1 Å². The SMILES string of the molecule is Cn1cnc2c(SCc3ccc([N+](=O)[O-])c([N+](=O)[O-])c3)nccc21. The van der Waals surface area contributed by atoms with Gasteiger partial charge in [0.15, 0.2) is 0 Å². The lowest BCUT2D eigenvalue weighted by atomic mass is 10.2. The average Bonchev–Trinajstić information content (AvgIpc) is 2.94. The minimum atomic E-state index is -0.759. The molecular weight excluding hydrogens is 334 g/mol. The fourth-order valence-corrected chi connectivity index (χ4v) is 3.17. The van der Waals surface area contributed by atoms with Crippen LogP contribution in [0.5, 0.6) is 0 Å². The van der Waals surface area contributed by atoms with E-state index < -0.39 is 21.2 Å². The van der Waals surface area contributed by atoms with E-state index in [2.05, 4.69) is 9.97 Å². The molecule has 0 spiro atoms. The molecule has 0 aliphatic rings. The smallest absolute Gasteiger partial charge is 0.334 e. The Kier molecular flexibility index (Phi) is 4.13. The first kappa shape index (κ1) is 15.9. The van der Waals surface area contributed by atoms with Crippen molar-refractivity contribution in [1.29, 1.82) is 0 Å². The molecule has 0 saturated heterocycles. The second-order valence-corrected chi connectivity index (χ2v) is 5.93. The first-order valence-corrected chi connectivity index (χ1v) is 7.76. The summed E-state index contributed by atoms with van der Waals surface area (Å²) in [4.78, 5) is 28.9. The van der Waals surface area contributed by atoms with Crippen molar-refractivity contribution in [1.82, 2.24) is 14.5 Å². The number of rotatable bonds is 5. The number of aryl methyl sites for hydroxylation is 1. The Morgan fingerprint density at radius 3 is 2.58 bits per heavy atom. The number of hydrogen-bond donors (Lipinski definition) is 0.